The molecule has 3 N–H and O–H groups in total. The highest BCUT2D eigenvalue weighted by Gasteiger charge is 2.44. The highest BCUT2D eigenvalue weighted by molar-refractivity contribution is 5.37. The van der Waals surface area contributed by atoms with Crippen molar-refractivity contribution >= 4 is 0 Å². The van der Waals surface area contributed by atoms with Gasteiger partial charge in [0, 0.05) is 5.92 Å². The third kappa shape index (κ3) is 1.92. The first-order valence-electron chi connectivity index (χ1n) is 7.58. The van der Waals surface area contributed by atoms with Crippen molar-refractivity contribution in [2.45, 2.75) is 56.8 Å². The summed E-state index contributed by atoms with van der Waals surface area (Å²) in [5, 5.41) is 0. The molecule has 102 valence electrons. The Morgan fingerprint density at radius 1 is 1.21 bits per heavy atom. The zero-order valence-electron chi connectivity index (χ0n) is 11.3. The SMILES string of the molecule is NNC(c1ccc2c(c1)CCC2)C1CC2CCC1O2. The summed E-state index contributed by atoms with van der Waals surface area (Å²) < 4.78 is 5.99. The second kappa shape index (κ2) is 4.58. The summed E-state index contributed by atoms with van der Waals surface area (Å²) in [6.45, 7) is 0. The minimum Gasteiger partial charge on any atom is -0.375 e. The molecule has 2 fully saturated rings. The molecule has 0 aromatic heterocycles. The fourth-order valence-electron chi connectivity index (χ4n) is 4.28. The van der Waals surface area contributed by atoms with Crippen LogP contribution in [0.3, 0.4) is 0 Å². The van der Waals surface area contributed by atoms with Gasteiger partial charge in [0.25, 0.3) is 0 Å². The average Bonchev–Trinajstić information content (AvgIpc) is 3.15. The molecular formula is C16H22N2O. The van der Waals surface area contributed by atoms with E-state index in [1.807, 2.05) is 0 Å². The second-order valence-corrected chi connectivity index (χ2v) is 6.30. The summed E-state index contributed by atoms with van der Waals surface area (Å²) in [5.41, 5.74) is 7.47. The van der Waals surface area contributed by atoms with Gasteiger partial charge >= 0.3 is 0 Å². The first kappa shape index (κ1) is 11.9. The lowest BCUT2D eigenvalue weighted by atomic mass is 9.81. The lowest BCUT2D eigenvalue weighted by molar-refractivity contribution is 0.0857. The molecule has 4 atom stereocenters. The monoisotopic (exact) mass is 258 g/mol. The molecular weight excluding hydrogens is 236 g/mol. The van der Waals surface area contributed by atoms with E-state index >= 15 is 0 Å². The molecule has 0 spiro atoms. The Labute approximate surface area is 114 Å². The Morgan fingerprint density at radius 2 is 2.11 bits per heavy atom. The van der Waals surface area contributed by atoms with Crippen LogP contribution >= 0.6 is 0 Å². The van der Waals surface area contributed by atoms with Crippen LogP contribution < -0.4 is 11.3 Å². The summed E-state index contributed by atoms with van der Waals surface area (Å²) in [7, 11) is 0. The summed E-state index contributed by atoms with van der Waals surface area (Å²) in [6, 6.07) is 7.19. The third-order valence-corrected chi connectivity index (χ3v) is 5.24. The van der Waals surface area contributed by atoms with Gasteiger partial charge in [0.2, 0.25) is 0 Å². The van der Waals surface area contributed by atoms with Gasteiger partial charge < -0.3 is 4.74 Å². The van der Waals surface area contributed by atoms with E-state index in [-0.39, 0.29) is 6.04 Å². The Morgan fingerprint density at radius 3 is 2.84 bits per heavy atom. The van der Waals surface area contributed by atoms with Crippen molar-refractivity contribution in [3.8, 4) is 0 Å². The first-order chi connectivity index (χ1) is 9.35. The van der Waals surface area contributed by atoms with E-state index in [0.717, 1.165) is 6.42 Å². The van der Waals surface area contributed by atoms with Gasteiger partial charge in [-0.25, -0.2) is 0 Å². The predicted molar refractivity (Wildman–Crippen MR) is 74.5 cm³/mol. The van der Waals surface area contributed by atoms with Gasteiger partial charge in [-0.1, -0.05) is 18.2 Å². The smallest absolute Gasteiger partial charge is 0.0627 e. The van der Waals surface area contributed by atoms with Gasteiger partial charge in [0.1, 0.15) is 0 Å². The molecule has 4 unspecified atom stereocenters. The van der Waals surface area contributed by atoms with E-state index in [1.54, 1.807) is 0 Å². The molecule has 1 aromatic rings. The fraction of sp³-hybridized carbons (Fsp3) is 0.625. The van der Waals surface area contributed by atoms with Crippen molar-refractivity contribution < 1.29 is 4.74 Å². The van der Waals surface area contributed by atoms with Gasteiger partial charge in [-0.15, -0.1) is 0 Å². The lowest BCUT2D eigenvalue weighted by Crippen LogP contribution is -2.37. The van der Waals surface area contributed by atoms with Crippen LogP contribution in [0.1, 0.15) is 48.4 Å². The Hall–Kier alpha value is -0.900. The van der Waals surface area contributed by atoms with Crippen LogP contribution in [-0.4, -0.2) is 12.2 Å². The standard InChI is InChI=1S/C16H22N2O/c17-18-16(14-9-13-6-7-15(14)19-13)12-5-4-10-2-1-3-11(10)8-12/h4-5,8,13-16,18H,1-3,6-7,9,17H2. The van der Waals surface area contributed by atoms with Crippen LogP contribution in [0.2, 0.25) is 0 Å². The minimum atomic E-state index is 0.251. The van der Waals surface area contributed by atoms with E-state index in [0.29, 0.717) is 18.1 Å². The van der Waals surface area contributed by atoms with Gasteiger partial charge in [-0.3, -0.25) is 11.3 Å². The molecule has 4 rings (SSSR count). The van der Waals surface area contributed by atoms with Gasteiger partial charge in [0.15, 0.2) is 0 Å². The van der Waals surface area contributed by atoms with Crippen LogP contribution in [0, 0.1) is 5.92 Å². The molecule has 2 aliphatic heterocycles. The molecule has 2 bridgehead atoms. The van der Waals surface area contributed by atoms with Crippen molar-refractivity contribution in [2.75, 3.05) is 0 Å². The molecule has 0 amide bonds. The number of rotatable bonds is 3. The number of fused-ring (bicyclic) bond motifs is 3. The summed E-state index contributed by atoms with van der Waals surface area (Å²) in [5.74, 6) is 6.40. The minimum absolute atomic E-state index is 0.251. The number of hydrazine groups is 1. The summed E-state index contributed by atoms with van der Waals surface area (Å²) in [6.07, 6.45) is 8.29. The predicted octanol–water partition coefficient (Wildman–Crippen LogP) is 2.25. The lowest BCUT2D eigenvalue weighted by Gasteiger charge is -2.28. The Kier molecular flexibility index (Phi) is 2.87. The number of benzene rings is 1. The molecule has 1 aliphatic carbocycles. The number of ether oxygens (including phenoxy) is 1. The molecule has 3 nitrogen and oxygen atoms in total. The van der Waals surface area contributed by atoms with Crippen LogP contribution in [-0.2, 0) is 17.6 Å². The van der Waals surface area contributed by atoms with Crippen LogP contribution in [0.5, 0.6) is 0 Å². The average molecular weight is 258 g/mol. The van der Waals surface area contributed by atoms with Crippen molar-refractivity contribution in [3.63, 3.8) is 0 Å². The maximum Gasteiger partial charge on any atom is 0.0627 e. The topological polar surface area (TPSA) is 47.3 Å². The number of hydrogen-bond donors (Lipinski definition) is 2. The summed E-state index contributed by atoms with van der Waals surface area (Å²) in [4.78, 5) is 0. The molecule has 2 saturated heterocycles. The summed E-state index contributed by atoms with van der Waals surface area (Å²) >= 11 is 0. The van der Waals surface area contributed by atoms with E-state index in [2.05, 4.69) is 23.6 Å². The number of aryl methyl sites for hydroxylation is 2. The van der Waals surface area contributed by atoms with Gasteiger partial charge in [0.05, 0.1) is 18.2 Å². The quantitative estimate of drug-likeness (QED) is 0.646. The van der Waals surface area contributed by atoms with E-state index in [9.17, 15) is 0 Å². The van der Waals surface area contributed by atoms with Crippen LogP contribution in [0.4, 0.5) is 0 Å². The fourth-order valence-corrected chi connectivity index (χ4v) is 4.28. The number of nitrogens with two attached hydrogens (primary N) is 1. The van der Waals surface area contributed by atoms with Crippen molar-refractivity contribution in [1.82, 2.24) is 5.43 Å². The zero-order valence-corrected chi connectivity index (χ0v) is 11.3. The molecule has 3 heteroatoms. The molecule has 0 radical (unpaired) electrons. The Balaban J connectivity index is 1.62. The molecule has 19 heavy (non-hydrogen) atoms. The molecule has 2 heterocycles. The highest BCUT2D eigenvalue weighted by Crippen LogP contribution is 2.44. The van der Waals surface area contributed by atoms with E-state index < -0.39 is 0 Å². The van der Waals surface area contributed by atoms with Crippen molar-refractivity contribution in [2.24, 2.45) is 11.8 Å². The third-order valence-electron chi connectivity index (χ3n) is 5.24. The van der Waals surface area contributed by atoms with Crippen LogP contribution in [0.15, 0.2) is 18.2 Å². The number of nitrogens with one attached hydrogen (secondary N) is 1. The Bertz CT molecular complexity index is 488. The van der Waals surface area contributed by atoms with Gasteiger partial charge in [-0.05, 0) is 55.2 Å². The largest absolute Gasteiger partial charge is 0.375 e. The van der Waals surface area contributed by atoms with Crippen LogP contribution in [0.25, 0.3) is 0 Å². The molecule has 1 aromatic carbocycles. The highest BCUT2D eigenvalue weighted by atomic mass is 16.5. The maximum absolute atomic E-state index is 5.99. The first-order valence-corrected chi connectivity index (χ1v) is 7.58. The molecule has 3 aliphatic rings. The second-order valence-electron chi connectivity index (χ2n) is 6.30. The normalized spacial score (nSPS) is 33.6. The molecule has 0 saturated carbocycles. The zero-order chi connectivity index (χ0) is 12.8. The van der Waals surface area contributed by atoms with Crippen molar-refractivity contribution in [3.05, 3.63) is 34.9 Å². The van der Waals surface area contributed by atoms with E-state index in [1.165, 1.54) is 48.8 Å². The number of hydrogen-bond acceptors (Lipinski definition) is 3. The van der Waals surface area contributed by atoms with E-state index in [4.69, 9.17) is 10.6 Å². The van der Waals surface area contributed by atoms with Crippen molar-refractivity contribution in [1.29, 1.82) is 0 Å². The maximum atomic E-state index is 5.99. The van der Waals surface area contributed by atoms with Gasteiger partial charge in [-0.2, -0.15) is 0 Å².